The average molecular weight is 231 g/mol. The van der Waals surface area contributed by atoms with Gasteiger partial charge in [-0.15, -0.1) is 0 Å². The van der Waals surface area contributed by atoms with Crippen LogP contribution < -0.4 is 11.1 Å². The Bertz CT molecular complexity index is 532. The number of nitrogens with one attached hydrogen (secondary N) is 1. The van der Waals surface area contributed by atoms with Crippen molar-refractivity contribution >= 4 is 17.5 Å². The van der Waals surface area contributed by atoms with E-state index in [-0.39, 0.29) is 5.76 Å². The summed E-state index contributed by atoms with van der Waals surface area (Å²) in [6.45, 7) is 0. The molecule has 1 heterocycles. The minimum atomic E-state index is -0.516. The van der Waals surface area contributed by atoms with Crippen LogP contribution in [0.15, 0.2) is 41.1 Å². The van der Waals surface area contributed by atoms with Gasteiger partial charge >= 0.3 is 0 Å². The number of nitrogens with two attached hydrogens (primary N) is 1. The van der Waals surface area contributed by atoms with E-state index in [1.807, 2.05) is 0 Å². The Morgan fingerprint density at radius 1 is 1.18 bits per heavy atom. The Labute approximate surface area is 96.4 Å². The summed E-state index contributed by atoms with van der Waals surface area (Å²) in [6.07, 6.45) is 1.38. The van der Waals surface area contributed by atoms with Crippen LogP contribution >= 0.6 is 0 Å². The van der Waals surface area contributed by atoms with Crippen LogP contribution in [0.1, 0.15) is 20.9 Å². The van der Waals surface area contributed by atoms with Crippen molar-refractivity contribution in [2.45, 2.75) is 0 Å². The lowest BCUT2D eigenvalue weighted by Crippen LogP contribution is -2.12. The second kappa shape index (κ2) is 4.48. The molecule has 1 aromatic carbocycles. The van der Waals surface area contributed by atoms with E-state index in [4.69, 9.17) is 10.3 Å². The van der Waals surface area contributed by atoms with Gasteiger partial charge < -0.3 is 15.6 Å². The van der Waals surface area contributed by atoms with Gasteiger partial charge in [-0.3, -0.25) is 9.59 Å². The van der Waals surface area contributed by atoms with Crippen molar-refractivity contribution < 1.29 is 14.1 Å². The number of anilines is 1. The monoisotopic (exact) mass is 231 g/mol. The lowest BCUT2D eigenvalue weighted by molar-refractivity contribution is 0.0985. The van der Waals surface area contributed by atoms with E-state index in [1.54, 1.807) is 12.1 Å². The third-order valence-corrected chi connectivity index (χ3v) is 2.09. The van der Waals surface area contributed by atoms with Crippen molar-refractivity contribution in [2.75, 3.05) is 5.32 Å². The van der Waals surface area contributed by atoms with Crippen LogP contribution in [-0.4, -0.2) is 17.0 Å². The molecule has 86 valence electrons. The maximum absolute atomic E-state index is 11.6. The van der Waals surface area contributed by atoms with E-state index >= 15 is 0 Å². The third kappa shape index (κ3) is 2.49. The minimum Gasteiger partial charge on any atom is -0.366 e. The molecule has 17 heavy (non-hydrogen) atoms. The zero-order valence-corrected chi connectivity index (χ0v) is 8.71. The largest absolute Gasteiger partial charge is 0.366 e. The number of aromatic nitrogens is 1. The molecule has 0 saturated heterocycles. The Balaban J connectivity index is 2.09. The standard InChI is InChI=1S/C11H9N3O3/c12-10(15)7-1-3-8(4-2-7)14-11(16)9-5-6-13-17-9/h1-6H,(H2,12,15)(H,14,16). The molecular formula is C11H9N3O3. The van der Waals surface area contributed by atoms with Crippen molar-refractivity contribution in [1.29, 1.82) is 0 Å². The molecule has 0 aliphatic heterocycles. The van der Waals surface area contributed by atoms with Gasteiger partial charge in [0.05, 0.1) is 6.20 Å². The van der Waals surface area contributed by atoms with Gasteiger partial charge in [0.25, 0.3) is 5.91 Å². The van der Waals surface area contributed by atoms with Crippen molar-refractivity contribution in [1.82, 2.24) is 5.16 Å². The second-order valence-corrected chi connectivity index (χ2v) is 3.27. The van der Waals surface area contributed by atoms with Crippen molar-refractivity contribution in [3.63, 3.8) is 0 Å². The van der Waals surface area contributed by atoms with Gasteiger partial charge in [0.1, 0.15) is 0 Å². The van der Waals surface area contributed by atoms with Crippen LogP contribution in [0.25, 0.3) is 0 Å². The van der Waals surface area contributed by atoms with E-state index in [0.29, 0.717) is 11.3 Å². The summed E-state index contributed by atoms with van der Waals surface area (Å²) >= 11 is 0. The highest BCUT2D eigenvalue weighted by Crippen LogP contribution is 2.10. The van der Waals surface area contributed by atoms with Gasteiger partial charge in [0.15, 0.2) is 0 Å². The zero-order valence-electron chi connectivity index (χ0n) is 8.71. The zero-order chi connectivity index (χ0) is 12.3. The fraction of sp³-hybridized carbons (Fsp3) is 0. The number of benzene rings is 1. The maximum atomic E-state index is 11.6. The summed E-state index contributed by atoms with van der Waals surface area (Å²) in [7, 11) is 0. The van der Waals surface area contributed by atoms with Crippen LogP contribution in [0.2, 0.25) is 0 Å². The van der Waals surface area contributed by atoms with Crippen molar-refractivity contribution in [3.8, 4) is 0 Å². The molecule has 6 nitrogen and oxygen atoms in total. The van der Waals surface area contributed by atoms with E-state index < -0.39 is 11.8 Å². The molecule has 0 radical (unpaired) electrons. The lowest BCUT2D eigenvalue weighted by Gasteiger charge is -2.02. The normalized spacial score (nSPS) is 9.88. The molecule has 3 N–H and O–H groups in total. The summed E-state index contributed by atoms with van der Waals surface area (Å²) in [5.74, 6) is -0.809. The van der Waals surface area contributed by atoms with Crippen LogP contribution in [0.4, 0.5) is 5.69 Å². The molecule has 0 spiro atoms. The Morgan fingerprint density at radius 2 is 1.88 bits per heavy atom. The predicted molar refractivity (Wildman–Crippen MR) is 59.4 cm³/mol. The van der Waals surface area contributed by atoms with Crippen LogP contribution in [-0.2, 0) is 0 Å². The molecule has 0 aliphatic carbocycles. The van der Waals surface area contributed by atoms with E-state index in [1.165, 1.54) is 24.4 Å². The fourth-order valence-electron chi connectivity index (χ4n) is 1.24. The number of amides is 2. The Morgan fingerprint density at radius 3 is 2.41 bits per heavy atom. The first-order valence-electron chi connectivity index (χ1n) is 4.79. The Hall–Kier alpha value is -2.63. The number of carbonyl (C=O) groups excluding carboxylic acids is 2. The molecule has 0 unspecified atom stereocenters. The number of primary amides is 1. The molecule has 1 aromatic heterocycles. The Kier molecular flexibility index (Phi) is 2.87. The number of rotatable bonds is 3. The molecule has 0 bridgehead atoms. The first-order valence-corrected chi connectivity index (χ1v) is 4.79. The van der Waals surface area contributed by atoms with Crippen LogP contribution in [0.5, 0.6) is 0 Å². The molecule has 0 fully saturated rings. The second-order valence-electron chi connectivity index (χ2n) is 3.27. The minimum absolute atomic E-state index is 0.115. The quantitative estimate of drug-likeness (QED) is 0.823. The summed E-state index contributed by atoms with van der Waals surface area (Å²) < 4.78 is 4.69. The van der Waals surface area contributed by atoms with E-state index in [0.717, 1.165) is 0 Å². The number of nitrogens with zero attached hydrogens (tertiary/aromatic N) is 1. The smallest absolute Gasteiger partial charge is 0.294 e. The summed E-state index contributed by atoms with van der Waals surface area (Å²) in [5, 5.41) is 6.01. The van der Waals surface area contributed by atoms with Gasteiger partial charge in [-0.2, -0.15) is 0 Å². The topological polar surface area (TPSA) is 98.2 Å². The third-order valence-electron chi connectivity index (χ3n) is 2.09. The SMILES string of the molecule is NC(=O)c1ccc(NC(=O)c2ccno2)cc1. The number of hydrogen-bond donors (Lipinski definition) is 2. The first-order chi connectivity index (χ1) is 8.16. The number of carbonyl (C=O) groups is 2. The number of hydrogen-bond acceptors (Lipinski definition) is 4. The van der Waals surface area contributed by atoms with Gasteiger partial charge in [-0.25, -0.2) is 0 Å². The van der Waals surface area contributed by atoms with Gasteiger partial charge in [-0.1, -0.05) is 5.16 Å². The molecule has 2 amide bonds. The molecule has 0 saturated carbocycles. The molecular weight excluding hydrogens is 222 g/mol. The van der Waals surface area contributed by atoms with E-state index in [9.17, 15) is 9.59 Å². The predicted octanol–water partition coefficient (Wildman–Crippen LogP) is 1.03. The molecule has 2 aromatic rings. The van der Waals surface area contributed by atoms with Crippen LogP contribution in [0.3, 0.4) is 0 Å². The van der Waals surface area contributed by atoms with Crippen molar-refractivity contribution in [3.05, 3.63) is 47.9 Å². The highest BCUT2D eigenvalue weighted by molar-refractivity contribution is 6.02. The lowest BCUT2D eigenvalue weighted by atomic mass is 10.2. The van der Waals surface area contributed by atoms with Gasteiger partial charge in [0.2, 0.25) is 11.7 Å². The van der Waals surface area contributed by atoms with Gasteiger partial charge in [-0.05, 0) is 24.3 Å². The highest BCUT2D eigenvalue weighted by Gasteiger charge is 2.09. The van der Waals surface area contributed by atoms with Crippen LogP contribution in [0, 0.1) is 0 Å². The van der Waals surface area contributed by atoms with Crippen molar-refractivity contribution in [2.24, 2.45) is 5.73 Å². The summed E-state index contributed by atoms with van der Waals surface area (Å²) in [4.78, 5) is 22.4. The summed E-state index contributed by atoms with van der Waals surface area (Å²) in [6, 6.07) is 7.66. The molecule has 0 aliphatic rings. The van der Waals surface area contributed by atoms with Gasteiger partial charge in [0, 0.05) is 17.3 Å². The molecule has 0 atom stereocenters. The first kappa shape index (κ1) is 10.9. The maximum Gasteiger partial charge on any atom is 0.294 e. The highest BCUT2D eigenvalue weighted by atomic mass is 16.5. The average Bonchev–Trinajstić information content (AvgIpc) is 2.83. The summed E-state index contributed by atoms with van der Waals surface area (Å²) in [5.41, 5.74) is 6.01. The molecule has 2 rings (SSSR count). The molecule has 6 heteroatoms. The van der Waals surface area contributed by atoms with E-state index in [2.05, 4.69) is 10.5 Å². The fourth-order valence-corrected chi connectivity index (χ4v) is 1.24.